The average Bonchev–Trinajstić information content (AvgIpc) is 2.99. The normalized spacial score (nSPS) is 17.2. The first-order valence-corrected chi connectivity index (χ1v) is 7.92. The molecule has 1 aromatic carbocycles. The molecule has 2 N–H and O–H groups in total. The largest absolute Gasteiger partial charge is 0.466 e. The van der Waals surface area contributed by atoms with Gasteiger partial charge in [0.15, 0.2) is 0 Å². The average molecular weight is 304 g/mol. The first-order valence-electron chi connectivity index (χ1n) is 7.92. The van der Waals surface area contributed by atoms with Gasteiger partial charge in [-0.3, -0.25) is 9.59 Å². The Labute approximate surface area is 131 Å². The summed E-state index contributed by atoms with van der Waals surface area (Å²) >= 11 is 0. The number of esters is 1. The van der Waals surface area contributed by atoms with Crippen LogP contribution in [0.15, 0.2) is 24.3 Å². The second kappa shape index (κ2) is 8.54. The number of anilines is 1. The van der Waals surface area contributed by atoms with Crippen LogP contribution in [0.5, 0.6) is 0 Å². The molecule has 1 aliphatic rings. The van der Waals surface area contributed by atoms with Gasteiger partial charge in [0, 0.05) is 12.1 Å². The van der Waals surface area contributed by atoms with Crippen molar-refractivity contribution in [2.24, 2.45) is 5.92 Å². The third-order valence-corrected chi connectivity index (χ3v) is 3.81. The van der Waals surface area contributed by atoms with Gasteiger partial charge in [0.25, 0.3) is 0 Å². The fourth-order valence-electron chi connectivity index (χ4n) is 2.66. The van der Waals surface area contributed by atoms with Gasteiger partial charge < -0.3 is 15.4 Å². The number of amides is 1. The van der Waals surface area contributed by atoms with Crippen molar-refractivity contribution in [3.8, 4) is 0 Å². The van der Waals surface area contributed by atoms with Gasteiger partial charge in [-0.25, -0.2) is 0 Å². The van der Waals surface area contributed by atoms with E-state index < -0.39 is 0 Å². The summed E-state index contributed by atoms with van der Waals surface area (Å²) < 4.78 is 4.93. The lowest BCUT2D eigenvalue weighted by Crippen LogP contribution is -2.15. The van der Waals surface area contributed by atoms with Crippen LogP contribution in [0.1, 0.15) is 31.7 Å². The third-order valence-electron chi connectivity index (χ3n) is 3.81. The molecule has 1 heterocycles. The predicted octanol–water partition coefficient (Wildman–Crippen LogP) is 2.12. The second-order valence-electron chi connectivity index (χ2n) is 5.63. The van der Waals surface area contributed by atoms with Crippen molar-refractivity contribution in [2.45, 2.75) is 32.6 Å². The van der Waals surface area contributed by atoms with Gasteiger partial charge in [0.1, 0.15) is 0 Å². The summed E-state index contributed by atoms with van der Waals surface area (Å²) in [5, 5.41) is 6.21. The van der Waals surface area contributed by atoms with Gasteiger partial charge in [-0.2, -0.15) is 0 Å². The van der Waals surface area contributed by atoms with Crippen molar-refractivity contribution in [1.29, 1.82) is 0 Å². The van der Waals surface area contributed by atoms with Gasteiger partial charge >= 0.3 is 5.97 Å². The Kier molecular flexibility index (Phi) is 6.40. The van der Waals surface area contributed by atoms with E-state index in [0.29, 0.717) is 18.9 Å². The summed E-state index contributed by atoms with van der Waals surface area (Å²) in [5.41, 5.74) is 1.58. The fourth-order valence-corrected chi connectivity index (χ4v) is 2.66. The zero-order chi connectivity index (χ0) is 15.8. The molecule has 120 valence electrons. The molecule has 2 rings (SSSR count). The van der Waals surface area contributed by atoms with Crippen molar-refractivity contribution >= 4 is 17.6 Å². The summed E-state index contributed by atoms with van der Waals surface area (Å²) in [6.07, 6.45) is 2.84. The minimum atomic E-state index is -0.250. The number of rotatable bonds is 7. The van der Waals surface area contributed by atoms with Crippen molar-refractivity contribution in [1.82, 2.24) is 5.32 Å². The zero-order valence-corrected chi connectivity index (χ0v) is 13.1. The van der Waals surface area contributed by atoms with E-state index in [4.69, 9.17) is 4.74 Å². The van der Waals surface area contributed by atoms with Gasteiger partial charge in [0.2, 0.25) is 5.91 Å². The molecule has 1 fully saturated rings. The van der Waals surface area contributed by atoms with Crippen molar-refractivity contribution in [3.05, 3.63) is 29.8 Å². The number of hydrogen-bond donors (Lipinski definition) is 2. The smallest absolute Gasteiger partial charge is 0.310 e. The van der Waals surface area contributed by atoms with Crippen molar-refractivity contribution in [2.75, 3.05) is 25.0 Å². The predicted molar refractivity (Wildman–Crippen MR) is 85.6 cm³/mol. The standard InChI is InChI=1S/C17H24N2O3/c1-2-22-17(21)11-14-4-3-5-15(10-14)19-16(20)7-6-13-8-9-18-12-13/h3-5,10,13,18H,2,6-9,11-12H2,1H3,(H,19,20). The molecule has 0 radical (unpaired) electrons. The Morgan fingerprint density at radius 1 is 1.41 bits per heavy atom. The number of ether oxygens (including phenoxy) is 1. The number of nitrogens with one attached hydrogen (secondary N) is 2. The van der Waals surface area contributed by atoms with Crippen molar-refractivity contribution < 1.29 is 14.3 Å². The topological polar surface area (TPSA) is 67.4 Å². The molecule has 5 heteroatoms. The summed E-state index contributed by atoms with van der Waals surface area (Å²) in [6, 6.07) is 7.36. The highest BCUT2D eigenvalue weighted by atomic mass is 16.5. The van der Waals surface area contributed by atoms with E-state index in [1.54, 1.807) is 6.92 Å². The molecule has 1 atom stereocenters. The highest BCUT2D eigenvalue weighted by Gasteiger charge is 2.15. The van der Waals surface area contributed by atoms with E-state index in [1.807, 2.05) is 24.3 Å². The molecule has 5 nitrogen and oxygen atoms in total. The van der Waals surface area contributed by atoms with Gasteiger partial charge in [-0.05, 0) is 56.5 Å². The number of benzene rings is 1. The maximum absolute atomic E-state index is 12.0. The zero-order valence-electron chi connectivity index (χ0n) is 13.1. The molecule has 0 aliphatic carbocycles. The summed E-state index contributed by atoms with van der Waals surface area (Å²) in [4.78, 5) is 23.5. The first-order chi connectivity index (χ1) is 10.7. The van der Waals surface area contributed by atoms with Crippen LogP contribution in [-0.2, 0) is 20.7 Å². The highest BCUT2D eigenvalue weighted by molar-refractivity contribution is 5.90. The van der Waals surface area contributed by atoms with Crippen LogP contribution < -0.4 is 10.6 Å². The van der Waals surface area contributed by atoms with E-state index in [-0.39, 0.29) is 18.3 Å². The van der Waals surface area contributed by atoms with E-state index >= 15 is 0 Å². The molecule has 0 aromatic heterocycles. The molecule has 0 bridgehead atoms. The Morgan fingerprint density at radius 3 is 3.00 bits per heavy atom. The Morgan fingerprint density at radius 2 is 2.27 bits per heavy atom. The molecule has 1 unspecified atom stereocenters. The van der Waals surface area contributed by atoms with Crippen LogP contribution in [0.2, 0.25) is 0 Å². The van der Waals surface area contributed by atoms with E-state index in [1.165, 1.54) is 0 Å². The lowest BCUT2D eigenvalue weighted by Gasteiger charge is -2.10. The SMILES string of the molecule is CCOC(=O)Cc1cccc(NC(=O)CCC2CCNC2)c1. The van der Waals surface area contributed by atoms with Crippen LogP contribution in [-0.4, -0.2) is 31.6 Å². The third kappa shape index (κ3) is 5.48. The number of carbonyl (C=O) groups excluding carboxylic acids is 2. The Bertz CT molecular complexity index is 510. The van der Waals surface area contributed by atoms with Gasteiger partial charge in [0.05, 0.1) is 13.0 Å². The minimum absolute atomic E-state index is 0.0279. The highest BCUT2D eigenvalue weighted by Crippen LogP contribution is 2.16. The molecule has 1 saturated heterocycles. The fraction of sp³-hybridized carbons (Fsp3) is 0.529. The second-order valence-corrected chi connectivity index (χ2v) is 5.63. The molecule has 0 saturated carbocycles. The van der Waals surface area contributed by atoms with E-state index in [9.17, 15) is 9.59 Å². The van der Waals surface area contributed by atoms with Gasteiger partial charge in [-0.15, -0.1) is 0 Å². The van der Waals surface area contributed by atoms with Crippen molar-refractivity contribution in [3.63, 3.8) is 0 Å². The Hall–Kier alpha value is -1.88. The number of hydrogen-bond acceptors (Lipinski definition) is 4. The maximum atomic E-state index is 12.0. The lowest BCUT2D eigenvalue weighted by atomic mass is 10.0. The molecule has 1 aromatic rings. The quantitative estimate of drug-likeness (QED) is 0.757. The van der Waals surface area contributed by atoms with E-state index in [0.717, 1.165) is 37.2 Å². The monoisotopic (exact) mass is 304 g/mol. The summed E-state index contributed by atoms with van der Waals surface area (Å²) in [5.74, 6) is 0.390. The van der Waals surface area contributed by atoms with Crippen LogP contribution in [0.4, 0.5) is 5.69 Å². The molecule has 1 aliphatic heterocycles. The molecular weight excluding hydrogens is 280 g/mol. The van der Waals surface area contributed by atoms with Gasteiger partial charge in [-0.1, -0.05) is 12.1 Å². The van der Waals surface area contributed by atoms with Crippen LogP contribution >= 0.6 is 0 Å². The lowest BCUT2D eigenvalue weighted by molar-refractivity contribution is -0.142. The summed E-state index contributed by atoms with van der Waals surface area (Å²) in [6.45, 7) is 4.24. The molecule has 22 heavy (non-hydrogen) atoms. The maximum Gasteiger partial charge on any atom is 0.310 e. The van der Waals surface area contributed by atoms with Crippen LogP contribution in [0.3, 0.4) is 0 Å². The molecule has 0 spiro atoms. The van der Waals surface area contributed by atoms with Crippen LogP contribution in [0, 0.1) is 5.92 Å². The Balaban J connectivity index is 1.81. The number of carbonyl (C=O) groups is 2. The minimum Gasteiger partial charge on any atom is -0.466 e. The molecular formula is C17H24N2O3. The van der Waals surface area contributed by atoms with Crippen LogP contribution in [0.25, 0.3) is 0 Å². The summed E-state index contributed by atoms with van der Waals surface area (Å²) in [7, 11) is 0. The van der Waals surface area contributed by atoms with E-state index in [2.05, 4.69) is 10.6 Å². The molecule has 1 amide bonds. The first kappa shape index (κ1) is 16.5.